The van der Waals surface area contributed by atoms with Gasteiger partial charge in [0.1, 0.15) is 11.9 Å². The number of amides is 1. The summed E-state index contributed by atoms with van der Waals surface area (Å²) in [5.74, 6) is 0.889. The Hall–Kier alpha value is -1.30. The first kappa shape index (κ1) is 16.6. The van der Waals surface area contributed by atoms with Gasteiger partial charge in [0.2, 0.25) is 5.91 Å². The van der Waals surface area contributed by atoms with Crippen LogP contribution in [-0.4, -0.2) is 67.2 Å². The van der Waals surface area contributed by atoms with E-state index in [1.165, 1.54) is 0 Å². The number of nitrogens with zero attached hydrogens (tertiary/aromatic N) is 2. The van der Waals surface area contributed by atoms with Crippen LogP contribution in [0.5, 0.6) is 5.75 Å². The van der Waals surface area contributed by atoms with E-state index in [9.17, 15) is 4.79 Å². The highest BCUT2D eigenvalue weighted by molar-refractivity contribution is 6.32. The van der Waals surface area contributed by atoms with Crippen LogP contribution in [-0.2, 0) is 9.53 Å². The molecule has 2 heterocycles. The maximum Gasteiger partial charge on any atom is 0.240 e. The van der Waals surface area contributed by atoms with Gasteiger partial charge in [0.25, 0.3) is 0 Å². The lowest BCUT2D eigenvalue weighted by Crippen LogP contribution is -2.61. The molecule has 1 aromatic rings. The summed E-state index contributed by atoms with van der Waals surface area (Å²) in [6.07, 6.45) is 0.854. The third-order valence-electron chi connectivity index (χ3n) is 4.45. The van der Waals surface area contributed by atoms with Gasteiger partial charge in [0.05, 0.1) is 37.4 Å². The average molecular weight is 339 g/mol. The molecule has 3 rings (SSSR count). The molecule has 0 bridgehead atoms. The SMILES string of the molecule is CCC(C(=O)N1CC(Oc2ccccc2Cl)C1)N1CCOCC1. The summed E-state index contributed by atoms with van der Waals surface area (Å²) in [5, 5.41) is 0.608. The summed E-state index contributed by atoms with van der Waals surface area (Å²) in [4.78, 5) is 16.8. The fourth-order valence-electron chi connectivity index (χ4n) is 3.10. The van der Waals surface area contributed by atoms with Crippen LogP contribution in [0.3, 0.4) is 0 Å². The third kappa shape index (κ3) is 3.79. The van der Waals surface area contributed by atoms with Crippen LogP contribution in [0.1, 0.15) is 13.3 Å². The Morgan fingerprint density at radius 2 is 2.04 bits per heavy atom. The Morgan fingerprint density at radius 1 is 1.35 bits per heavy atom. The summed E-state index contributed by atoms with van der Waals surface area (Å²) in [5.41, 5.74) is 0. The topological polar surface area (TPSA) is 42.0 Å². The van der Waals surface area contributed by atoms with Crippen LogP contribution in [0, 0.1) is 0 Å². The zero-order valence-corrected chi connectivity index (χ0v) is 14.2. The molecule has 1 unspecified atom stereocenters. The first-order valence-corrected chi connectivity index (χ1v) is 8.58. The van der Waals surface area contributed by atoms with Crippen LogP contribution in [0.15, 0.2) is 24.3 Å². The quantitative estimate of drug-likeness (QED) is 0.824. The molecular formula is C17H23ClN2O3. The minimum Gasteiger partial charge on any atom is -0.485 e. The molecule has 6 heteroatoms. The maximum atomic E-state index is 12.7. The summed E-state index contributed by atoms with van der Waals surface area (Å²) in [6.45, 7) is 6.41. The van der Waals surface area contributed by atoms with E-state index in [4.69, 9.17) is 21.1 Å². The predicted octanol–water partition coefficient (Wildman–Crippen LogP) is 2.04. The van der Waals surface area contributed by atoms with E-state index in [-0.39, 0.29) is 18.1 Å². The molecule has 126 valence electrons. The molecule has 5 nitrogen and oxygen atoms in total. The van der Waals surface area contributed by atoms with Gasteiger partial charge in [-0.1, -0.05) is 30.7 Å². The van der Waals surface area contributed by atoms with Gasteiger partial charge in [-0.25, -0.2) is 0 Å². The Kier molecular flexibility index (Phi) is 5.41. The molecule has 0 saturated carbocycles. The Labute approximate surface area is 142 Å². The molecule has 0 aromatic heterocycles. The van der Waals surface area contributed by atoms with Crippen LogP contribution in [0.2, 0.25) is 5.02 Å². The van der Waals surface area contributed by atoms with Gasteiger partial charge in [0.15, 0.2) is 0 Å². The lowest BCUT2D eigenvalue weighted by molar-refractivity contribution is -0.147. The molecule has 0 radical (unpaired) electrons. The number of morpholine rings is 1. The standard InChI is InChI=1S/C17H23ClN2O3/c1-2-15(19-7-9-22-10-8-19)17(21)20-11-13(12-20)23-16-6-4-3-5-14(16)18/h3-6,13,15H,2,7-12H2,1H3. The molecule has 23 heavy (non-hydrogen) atoms. The van der Waals surface area contributed by atoms with Crippen molar-refractivity contribution in [2.24, 2.45) is 0 Å². The van der Waals surface area contributed by atoms with Crippen LogP contribution >= 0.6 is 11.6 Å². The predicted molar refractivity (Wildman–Crippen MR) is 88.9 cm³/mol. The molecule has 0 aliphatic carbocycles. The molecule has 2 saturated heterocycles. The van der Waals surface area contributed by atoms with E-state index in [1.807, 2.05) is 29.2 Å². The summed E-state index contributed by atoms with van der Waals surface area (Å²) >= 11 is 6.10. The minimum atomic E-state index is -0.0415. The van der Waals surface area contributed by atoms with Crippen molar-refractivity contribution in [1.82, 2.24) is 9.80 Å². The fourth-order valence-corrected chi connectivity index (χ4v) is 3.28. The van der Waals surface area contributed by atoms with Crippen molar-refractivity contribution in [3.05, 3.63) is 29.3 Å². The second-order valence-corrected chi connectivity index (χ2v) is 6.39. The zero-order valence-electron chi connectivity index (χ0n) is 13.4. The molecule has 1 aromatic carbocycles. The fraction of sp³-hybridized carbons (Fsp3) is 0.588. The summed E-state index contributed by atoms with van der Waals surface area (Å²) in [7, 11) is 0. The highest BCUT2D eigenvalue weighted by Crippen LogP contribution is 2.27. The number of carbonyl (C=O) groups is 1. The number of ether oxygens (including phenoxy) is 2. The third-order valence-corrected chi connectivity index (χ3v) is 4.76. The Bertz CT molecular complexity index is 542. The molecule has 1 atom stereocenters. The number of hydrogen-bond acceptors (Lipinski definition) is 4. The van der Waals surface area contributed by atoms with Crippen molar-refractivity contribution in [3.63, 3.8) is 0 Å². The molecular weight excluding hydrogens is 316 g/mol. The monoisotopic (exact) mass is 338 g/mol. The second-order valence-electron chi connectivity index (χ2n) is 5.99. The van der Waals surface area contributed by atoms with Crippen molar-refractivity contribution < 1.29 is 14.3 Å². The van der Waals surface area contributed by atoms with Gasteiger partial charge >= 0.3 is 0 Å². The maximum absolute atomic E-state index is 12.7. The second kappa shape index (κ2) is 7.51. The van der Waals surface area contributed by atoms with E-state index in [0.717, 1.165) is 19.5 Å². The minimum absolute atomic E-state index is 0.0287. The number of benzene rings is 1. The number of hydrogen-bond donors (Lipinski definition) is 0. The molecule has 0 spiro atoms. The summed E-state index contributed by atoms with van der Waals surface area (Å²) in [6, 6.07) is 7.40. The van der Waals surface area contributed by atoms with Gasteiger partial charge in [-0.15, -0.1) is 0 Å². The van der Waals surface area contributed by atoms with Crippen LogP contribution in [0.25, 0.3) is 0 Å². The Morgan fingerprint density at radius 3 is 2.70 bits per heavy atom. The normalized spacial score (nSPS) is 20.9. The molecule has 2 fully saturated rings. The summed E-state index contributed by atoms with van der Waals surface area (Å²) < 4.78 is 11.2. The van der Waals surface area contributed by atoms with E-state index in [2.05, 4.69) is 11.8 Å². The van der Waals surface area contributed by atoms with Crippen LogP contribution < -0.4 is 4.74 Å². The van der Waals surface area contributed by atoms with E-state index in [1.54, 1.807) is 0 Å². The first-order chi connectivity index (χ1) is 11.2. The molecule has 0 N–H and O–H groups in total. The smallest absolute Gasteiger partial charge is 0.240 e. The highest BCUT2D eigenvalue weighted by atomic mass is 35.5. The number of rotatable bonds is 5. The lowest BCUT2D eigenvalue weighted by atomic mass is 10.1. The highest BCUT2D eigenvalue weighted by Gasteiger charge is 2.37. The van der Waals surface area contributed by atoms with E-state index in [0.29, 0.717) is 37.1 Å². The molecule has 1 amide bonds. The molecule has 2 aliphatic heterocycles. The zero-order chi connectivity index (χ0) is 16.2. The number of halogens is 1. The van der Waals surface area contributed by atoms with Crippen molar-refractivity contribution >= 4 is 17.5 Å². The van der Waals surface area contributed by atoms with Crippen molar-refractivity contribution in [1.29, 1.82) is 0 Å². The van der Waals surface area contributed by atoms with Gasteiger partial charge in [-0.2, -0.15) is 0 Å². The first-order valence-electron chi connectivity index (χ1n) is 8.20. The van der Waals surface area contributed by atoms with Gasteiger partial charge in [-0.3, -0.25) is 9.69 Å². The Balaban J connectivity index is 1.51. The van der Waals surface area contributed by atoms with Crippen molar-refractivity contribution in [2.75, 3.05) is 39.4 Å². The van der Waals surface area contributed by atoms with Crippen molar-refractivity contribution in [2.45, 2.75) is 25.5 Å². The van der Waals surface area contributed by atoms with Gasteiger partial charge in [-0.05, 0) is 18.6 Å². The van der Waals surface area contributed by atoms with Gasteiger partial charge in [0, 0.05) is 13.1 Å². The lowest BCUT2D eigenvalue weighted by Gasteiger charge is -2.43. The van der Waals surface area contributed by atoms with Crippen molar-refractivity contribution in [3.8, 4) is 5.75 Å². The van der Waals surface area contributed by atoms with Gasteiger partial charge < -0.3 is 14.4 Å². The number of carbonyl (C=O) groups excluding carboxylic acids is 1. The van der Waals surface area contributed by atoms with E-state index >= 15 is 0 Å². The largest absolute Gasteiger partial charge is 0.485 e. The number of para-hydroxylation sites is 1. The molecule has 2 aliphatic rings. The average Bonchev–Trinajstić information content (AvgIpc) is 2.53. The number of likely N-dealkylation sites (tertiary alicyclic amines) is 1. The van der Waals surface area contributed by atoms with Crippen LogP contribution in [0.4, 0.5) is 0 Å². The van der Waals surface area contributed by atoms with E-state index < -0.39 is 0 Å².